The van der Waals surface area contributed by atoms with Crippen LogP contribution in [0.15, 0.2) is 0 Å². The average Bonchev–Trinajstić information content (AvgIpc) is 2.06. The lowest BCUT2D eigenvalue weighted by atomic mass is 10.3. The molecule has 0 aliphatic heterocycles. The van der Waals surface area contributed by atoms with Crippen LogP contribution in [0, 0.1) is 5.41 Å². The molecule has 0 saturated carbocycles. The summed E-state index contributed by atoms with van der Waals surface area (Å²) in [5.41, 5.74) is 0. The van der Waals surface area contributed by atoms with Gasteiger partial charge in [-0.05, 0) is 13.1 Å². The second kappa shape index (κ2) is 6.16. The Kier molecular flexibility index (Phi) is 5.84. The summed E-state index contributed by atoms with van der Waals surface area (Å²) in [6.45, 7) is 7.28. The lowest BCUT2D eigenvalue weighted by Crippen LogP contribution is -2.25. The summed E-state index contributed by atoms with van der Waals surface area (Å²) in [7, 11) is 1.55. The van der Waals surface area contributed by atoms with E-state index >= 15 is 0 Å². The lowest BCUT2D eigenvalue weighted by Gasteiger charge is -2.17. The molecule has 0 fully saturated rings. The number of nitrogens with zero attached hydrogens (tertiary/aromatic N) is 1. The van der Waals surface area contributed by atoms with Gasteiger partial charge in [0.05, 0.1) is 7.11 Å². The van der Waals surface area contributed by atoms with Crippen molar-refractivity contribution in [3.8, 4) is 0 Å². The molecule has 0 spiro atoms. The van der Waals surface area contributed by atoms with Crippen molar-refractivity contribution in [2.45, 2.75) is 20.3 Å². The summed E-state index contributed by atoms with van der Waals surface area (Å²) >= 11 is 0. The summed E-state index contributed by atoms with van der Waals surface area (Å²) in [6, 6.07) is 0. The fraction of sp³-hybridized carbons (Fsp3) is 0.875. The van der Waals surface area contributed by atoms with Crippen LogP contribution in [-0.4, -0.2) is 37.5 Å². The molecule has 0 aromatic heterocycles. The molecule has 0 unspecified atom stereocenters. The second-order valence-corrected chi connectivity index (χ2v) is 2.40. The maximum absolute atomic E-state index is 7.23. The van der Waals surface area contributed by atoms with Crippen molar-refractivity contribution in [2.24, 2.45) is 0 Å². The summed E-state index contributed by atoms with van der Waals surface area (Å²) in [6.07, 6.45) is 0.720. The number of rotatable bonds is 5. The van der Waals surface area contributed by atoms with E-state index in [1.165, 1.54) is 0 Å². The van der Waals surface area contributed by atoms with Crippen molar-refractivity contribution >= 4 is 5.90 Å². The predicted octanol–water partition coefficient (Wildman–Crippen LogP) is 1.34. The van der Waals surface area contributed by atoms with Gasteiger partial charge in [-0.1, -0.05) is 13.8 Å². The fourth-order valence-electron chi connectivity index (χ4n) is 0.902. The van der Waals surface area contributed by atoms with Gasteiger partial charge in [-0.3, -0.25) is 5.41 Å². The van der Waals surface area contributed by atoms with Crippen LogP contribution in [-0.2, 0) is 4.74 Å². The maximum atomic E-state index is 7.23. The molecule has 11 heavy (non-hydrogen) atoms. The van der Waals surface area contributed by atoms with E-state index in [1.807, 2.05) is 0 Å². The molecule has 66 valence electrons. The van der Waals surface area contributed by atoms with E-state index in [0.717, 1.165) is 26.1 Å². The Balaban J connectivity index is 3.42. The lowest BCUT2D eigenvalue weighted by molar-refractivity contribution is 0.298. The summed E-state index contributed by atoms with van der Waals surface area (Å²) in [5, 5.41) is 7.23. The van der Waals surface area contributed by atoms with Crippen LogP contribution in [0.3, 0.4) is 0 Å². The summed E-state index contributed by atoms with van der Waals surface area (Å²) in [5.74, 6) is 0.372. The Bertz CT molecular complexity index is 111. The first-order chi connectivity index (χ1) is 5.24. The Labute approximate surface area is 68.9 Å². The van der Waals surface area contributed by atoms with Crippen LogP contribution in [0.4, 0.5) is 0 Å². The molecule has 3 nitrogen and oxygen atoms in total. The second-order valence-electron chi connectivity index (χ2n) is 2.40. The Morgan fingerprint density at radius 2 is 1.91 bits per heavy atom. The van der Waals surface area contributed by atoms with Gasteiger partial charge >= 0.3 is 0 Å². The zero-order valence-electron chi connectivity index (χ0n) is 7.68. The minimum absolute atomic E-state index is 0.372. The van der Waals surface area contributed by atoms with Crippen molar-refractivity contribution in [3.05, 3.63) is 0 Å². The highest BCUT2D eigenvalue weighted by atomic mass is 16.5. The molecule has 0 aromatic carbocycles. The Morgan fingerprint density at radius 3 is 2.27 bits per heavy atom. The zero-order chi connectivity index (χ0) is 8.69. The van der Waals surface area contributed by atoms with Crippen LogP contribution in [0.25, 0.3) is 0 Å². The number of hydrogen-bond donors (Lipinski definition) is 1. The van der Waals surface area contributed by atoms with Gasteiger partial charge in [0.15, 0.2) is 5.90 Å². The Hall–Kier alpha value is -0.570. The number of ether oxygens (including phenoxy) is 1. The van der Waals surface area contributed by atoms with Crippen LogP contribution in [0.1, 0.15) is 20.3 Å². The molecule has 1 N–H and O–H groups in total. The van der Waals surface area contributed by atoms with E-state index in [0.29, 0.717) is 5.90 Å². The molecule has 0 atom stereocenters. The number of nitrogens with one attached hydrogen (secondary N) is 1. The molecule has 0 saturated heterocycles. The standard InChI is InChI=1S/C8H18N2O/c1-4-10(5-2)7-6-8(9)11-3/h9H,4-7H2,1-3H3. The van der Waals surface area contributed by atoms with E-state index in [2.05, 4.69) is 18.7 Å². The van der Waals surface area contributed by atoms with E-state index < -0.39 is 0 Å². The molecule has 0 heterocycles. The molecule has 0 amide bonds. The first kappa shape index (κ1) is 10.4. The van der Waals surface area contributed by atoms with Gasteiger partial charge in [0.1, 0.15) is 0 Å². The number of methoxy groups -OCH3 is 1. The largest absolute Gasteiger partial charge is 0.484 e. The monoisotopic (exact) mass is 158 g/mol. The number of hydrogen-bond acceptors (Lipinski definition) is 3. The average molecular weight is 158 g/mol. The van der Waals surface area contributed by atoms with Crippen molar-refractivity contribution in [2.75, 3.05) is 26.7 Å². The van der Waals surface area contributed by atoms with Gasteiger partial charge in [0.25, 0.3) is 0 Å². The van der Waals surface area contributed by atoms with E-state index in [1.54, 1.807) is 7.11 Å². The maximum Gasteiger partial charge on any atom is 0.181 e. The van der Waals surface area contributed by atoms with E-state index in [-0.39, 0.29) is 0 Å². The van der Waals surface area contributed by atoms with E-state index in [4.69, 9.17) is 10.1 Å². The van der Waals surface area contributed by atoms with Crippen molar-refractivity contribution in [3.63, 3.8) is 0 Å². The van der Waals surface area contributed by atoms with Crippen LogP contribution < -0.4 is 0 Å². The predicted molar refractivity (Wildman–Crippen MR) is 47.1 cm³/mol. The van der Waals surface area contributed by atoms with Gasteiger partial charge in [-0.25, -0.2) is 0 Å². The molecule has 3 heteroatoms. The summed E-state index contributed by atoms with van der Waals surface area (Å²) < 4.78 is 4.75. The normalized spacial score (nSPS) is 10.2. The molecule has 0 bridgehead atoms. The van der Waals surface area contributed by atoms with Crippen molar-refractivity contribution in [1.82, 2.24) is 4.90 Å². The van der Waals surface area contributed by atoms with Gasteiger partial charge in [-0.15, -0.1) is 0 Å². The quantitative estimate of drug-likeness (QED) is 0.484. The van der Waals surface area contributed by atoms with Crippen molar-refractivity contribution < 1.29 is 4.74 Å². The van der Waals surface area contributed by atoms with Gasteiger partial charge < -0.3 is 9.64 Å². The molecule has 0 rings (SSSR count). The highest BCUT2D eigenvalue weighted by Crippen LogP contribution is 1.91. The van der Waals surface area contributed by atoms with Crippen LogP contribution in [0.2, 0.25) is 0 Å². The van der Waals surface area contributed by atoms with Gasteiger partial charge in [0, 0.05) is 13.0 Å². The minimum atomic E-state index is 0.372. The van der Waals surface area contributed by atoms with Gasteiger partial charge in [0.2, 0.25) is 0 Å². The third kappa shape index (κ3) is 4.79. The van der Waals surface area contributed by atoms with Gasteiger partial charge in [-0.2, -0.15) is 0 Å². The molecular weight excluding hydrogens is 140 g/mol. The molecule has 0 radical (unpaired) electrons. The SMILES string of the molecule is CCN(CC)CCC(=N)OC. The van der Waals surface area contributed by atoms with Crippen molar-refractivity contribution in [1.29, 1.82) is 5.41 Å². The highest BCUT2D eigenvalue weighted by Gasteiger charge is 2.00. The topological polar surface area (TPSA) is 36.3 Å². The minimum Gasteiger partial charge on any atom is -0.484 e. The fourth-order valence-corrected chi connectivity index (χ4v) is 0.902. The third-order valence-electron chi connectivity index (χ3n) is 1.80. The zero-order valence-corrected chi connectivity index (χ0v) is 7.68. The van der Waals surface area contributed by atoms with Crippen LogP contribution >= 0.6 is 0 Å². The van der Waals surface area contributed by atoms with E-state index in [9.17, 15) is 0 Å². The summed E-state index contributed by atoms with van der Waals surface area (Å²) in [4.78, 5) is 2.27. The third-order valence-corrected chi connectivity index (χ3v) is 1.80. The molecular formula is C8H18N2O. The smallest absolute Gasteiger partial charge is 0.181 e. The molecule has 0 aliphatic carbocycles. The van der Waals surface area contributed by atoms with Crippen LogP contribution in [0.5, 0.6) is 0 Å². The Morgan fingerprint density at radius 1 is 1.36 bits per heavy atom. The first-order valence-electron chi connectivity index (χ1n) is 4.08. The highest BCUT2D eigenvalue weighted by molar-refractivity contribution is 5.72. The molecule has 0 aliphatic rings. The first-order valence-corrected chi connectivity index (χ1v) is 4.08. The molecule has 0 aromatic rings.